The van der Waals surface area contributed by atoms with Crippen molar-refractivity contribution in [3.63, 3.8) is 0 Å². The van der Waals surface area contributed by atoms with Crippen LogP contribution in [0.25, 0.3) is 0 Å². The molecule has 1 N–H and O–H groups in total. The Hall–Kier alpha value is -2.61. The molecular formula is C22H21ClFN5O2S2. The molecule has 0 aliphatic heterocycles. The highest BCUT2D eigenvalue weighted by Gasteiger charge is 2.24. The second kappa shape index (κ2) is 10.1. The Morgan fingerprint density at radius 2 is 2.30 bits per heavy atom. The Morgan fingerprint density at radius 3 is 3.06 bits per heavy atom. The van der Waals surface area contributed by atoms with Gasteiger partial charge in [0.05, 0.1) is 16.3 Å². The van der Waals surface area contributed by atoms with E-state index in [1.54, 1.807) is 11.6 Å². The molecule has 0 saturated heterocycles. The number of ether oxygens (including phenoxy) is 1. The maximum atomic E-state index is 13.3. The fourth-order valence-electron chi connectivity index (χ4n) is 3.56. The molecule has 2 heterocycles. The lowest BCUT2D eigenvalue weighted by atomic mass is 9.89. The monoisotopic (exact) mass is 505 g/mol. The molecule has 1 unspecified atom stereocenters. The number of nitrogens with zero attached hydrogens (tertiary/aromatic N) is 4. The average molecular weight is 506 g/mol. The predicted octanol–water partition coefficient (Wildman–Crippen LogP) is 4.98. The summed E-state index contributed by atoms with van der Waals surface area (Å²) in [5.41, 5.74) is 1.68. The van der Waals surface area contributed by atoms with Crippen molar-refractivity contribution < 1.29 is 13.9 Å². The van der Waals surface area contributed by atoms with Crippen LogP contribution in [0, 0.1) is 23.1 Å². The van der Waals surface area contributed by atoms with E-state index >= 15 is 0 Å². The number of benzene rings is 1. The van der Waals surface area contributed by atoms with Gasteiger partial charge in [0.2, 0.25) is 5.91 Å². The number of hydrogen-bond acceptors (Lipinski definition) is 7. The Morgan fingerprint density at radius 1 is 1.48 bits per heavy atom. The number of rotatable bonds is 7. The van der Waals surface area contributed by atoms with Gasteiger partial charge in [-0.2, -0.15) is 5.26 Å². The fourth-order valence-corrected chi connectivity index (χ4v) is 5.84. The summed E-state index contributed by atoms with van der Waals surface area (Å²) in [5, 5.41) is 21.9. The number of carbonyl (C=O) groups is 1. The van der Waals surface area contributed by atoms with E-state index < -0.39 is 5.82 Å². The second-order valence-electron chi connectivity index (χ2n) is 7.83. The standard InChI is InChI=1S/C22H21ClFN5O2S2/c1-12-3-5-14-15(9-25)21(33-18(14)7-12)26-20(30)11-32-22-28-27-19(29(22)2)10-31-13-4-6-17(24)16(23)8-13/h4,6,8,12H,3,5,7,10-11H2,1-2H3,(H,26,30). The Bertz CT molecular complexity index is 1240. The summed E-state index contributed by atoms with van der Waals surface area (Å²) in [6.07, 6.45) is 2.90. The average Bonchev–Trinajstić information content (AvgIpc) is 3.31. The molecule has 1 atom stereocenters. The molecule has 172 valence electrons. The first kappa shape index (κ1) is 23.5. The van der Waals surface area contributed by atoms with E-state index in [1.165, 1.54) is 46.2 Å². The Kier molecular flexibility index (Phi) is 7.22. The van der Waals surface area contributed by atoms with E-state index in [0.29, 0.717) is 33.2 Å². The number of hydrogen-bond donors (Lipinski definition) is 1. The first-order valence-electron chi connectivity index (χ1n) is 10.3. The van der Waals surface area contributed by atoms with Crippen molar-refractivity contribution in [2.45, 2.75) is 37.9 Å². The minimum absolute atomic E-state index is 0.0200. The van der Waals surface area contributed by atoms with Crippen LogP contribution in [0.1, 0.15) is 35.2 Å². The van der Waals surface area contributed by atoms with Gasteiger partial charge in [0.1, 0.15) is 29.2 Å². The third-order valence-corrected chi connectivity index (χ3v) is 7.87. The highest BCUT2D eigenvalue weighted by Crippen LogP contribution is 2.39. The van der Waals surface area contributed by atoms with E-state index in [0.717, 1.165) is 24.8 Å². The molecule has 1 aromatic carbocycles. The van der Waals surface area contributed by atoms with Crippen LogP contribution in [-0.4, -0.2) is 26.4 Å². The minimum atomic E-state index is -0.515. The zero-order valence-corrected chi connectivity index (χ0v) is 20.4. The molecule has 1 aliphatic rings. The number of nitrogens with one attached hydrogen (secondary N) is 1. The number of nitriles is 1. The predicted molar refractivity (Wildman–Crippen MR) is 126 cm³/mol. The molecule has 0 saturated carbocycles. The van der Waals surface area contributed by atoms with Gasteiger partial charge in [-0.05, 0) is 42.9 Å². The van der Waals surface area contributed by atoms with Crippen molar-refractivity contribution in [3.05, 3.63) is 50.9 Å². The highest BCUT2D eigenvalue weighted by atomic mass is 35.5. The van der Waals surface area contributed by atoms with Crippen molar-refractivity contribution in [3.8, 4) is 11.8 Å². The summed E-state index contributed by atoms with van der Waals surface area (Å²) in [5.74, 6) is 0.966. The molecule has 33 heavy (non-hydrogen) atoms. The second-order valence-corrected chi connectivity index (χ2v) is 10.3. The smallest absolute Gasteiger partial charge is 0.235 e. The normalized spacial score (nSPS) is 15.1. The molecule has 1 aliphatic carbocycles. The van der Waals surface area contributed by atoms with Crippen LogP contribution in [0.15, 0.2) is 23.4 Å². The first-order valence-corrected chi connectivity index (χ1v) is 12.5. The number of amides is 1. The lowest BCUT2D eigenvalue weighted by Gasteiger charge is -2.17. The third-order valence-electron chi connectivity index (χ3n) is 5.39. The van der Waals surface area contributed by atoms with Crippen molar-refractivity contribution in [1.82, 2.24) is 14.8 Å². The van der Waals surface area contributed by atoms with Crippen LogP contribution >= 0.6 is 34.7 Å². The van der Waals surface area contributed by atoms with Gasteiger partial charge < -0.3 is 14.6 Å². The van der Waals surface area contributed by atoms with Crippen LogP contribution in [-0.2, 0) is 31.3 Å². The van der Waals surface area contributed by atoms with Crippen LogP contribution in [0.4, 0.5) is 9.39 Å². The number of halogens is 2. The molecule has 0 bridgehead atoms. The summed E-state index contributed by atoms with van der Waals surface area (Å²) >= 11 is 8.52. The minimum Gasteiger partial charge on any atom is -0.486 e. The molecule has 1 amide bonds. The number of fused-ring (bicyclic) bond motifs is 1. The van der Waals surface area contributed by atoms with Gasteiger partial charge in [-0.25, -0.2) is 4.39 Å². The van der Waals surface area contributed by atoms with Gasteiger partial charge in [-0.3, -0.25) is 4.79 Å². The van der Waals surface area contributed by atoms with E-state index in [1.807, 2.05) is 0 Å². The zero-order valence-electron chi connectivity index (χ0n) is 18.0. The molecular weight excluding hydrogens is 485 g/mol. The van der Waals surface area contributed by atoms with Crippen molar-refractivity contribution in [2.24, 2.45) is 13.0 Å². The number of aromatic nitrogens is 3. The van der Waals surface area contributed by atoms with Crippen LogP contribution < -0.4 is 10.1 Å². The molecule has 0 radical (unpaired) electrons. The molecule has 7 nitrogen and oxygen atoms in total. The van der Waals surface area contributed by atoms with Crippen LogP contribution in [0.3, 0.4) is 0 Å². The van der Waals surface area contributed by atoms with Gasteiger partial charge in [0, 0.05) is 18.0 Å². The number of carbonyl (C=O) groups excluding carboxylic acids is 1. The van der Waals surface area contributed by atoms with Crippen LogP contribution in [0.5, 0.6) is 5.75 Å². The van der Waals surface area contributed by atoms with Gasteiger partial charge in [0.15, 0.2) is 11.0 Å². The van der Waals surface area contributed by atoms with Crippen molar-refractivity contribution >= 4 is 45.6 Å². The lowest BCUT2D eigenvalue weighted by Crippen LogP contribution is -2.14. The van der Waals surface area contributed by atoms with Gasteiger partial charge in [-0.15, -0.1) is 21.5 Å². The third kappa shape index (κ3) is 5.32. The summed E-state index contributed by atoms with van der Waals surface area (Å²) in [7, 11) is 1.78. The maximum Gasteiger partial charge on any atom is 0.235 e. The Balaban J connectivity index is 1.34. The maximum absolute atomic E-state index is 13.3. The Labute approximate surface area is 203 Å². The fraction of sp³-hybridized carbons (Fsp3) is 0.364. The quantitative estimate of drug-likeness (QED) is 0.455. The number of thioether (sulfide) groups is 1. The summed E-state index contributed by atoms with van der Waals surface area (Å²) in [4.78, 5) is 13.8. The number of anilines is 1. The van der Waals surface area contributed by atoms with Crippen molar-refractivity contribution in [1.29, 1.82) is 5.26 Å². The van der Waals surface area contributed by atoms with E-state index in [2.05, 4.69) is 28.5 Å². The SMILES string of the molecule is CC1CCc2c(sc(NC(=O)CSc3nnc(COc4ccc(F)c(Cl)c4)n3C)c2C#N)C1. The van der Waals surface area contributed by atoms with E-state index in [-0.39, 0.29) is 23.3 Å². The van der Waals surface area contributed by atoms with Crippen LogP contribution in [0.2, 0.25) is 5.02 Å². The van der Waals surface area contributed by atoms with Gasteiger partial charge in [0.25, 0.3) is 0 Å². The molecule has 11 heteroatoms. The summed E-state index contributed by atoms with van der Waals surface area (Å²) < 4.78 is 20.6. The molecule has 4 rings (SSSR count). The molecule has 2 aromatic heterocycles. The van der Waals surface area contributed by atoms with E-state index in [9.17, 15) is 14.4 Å². The largest absolute Gasteiger partial charge is 0.486 e. The highest BCUT2D eigenvalue weighted by molar-refractivity contribution is 7.99. The molecule has 0 spiro atoms. The van der Waals surface area contributed by atoms with E-state index in [4.69, 9.17) is 16.3 Å². The first-order chi connectivity index (χ1) is 15.9. The topological polar surface area (TPSA) is 92.8 Å². The van der Waals surface area contributed by atoms with Gasteiger partial charge >= 0.3 is 0 Å². The summed E-state index contributed by atoms with van der Waals surface area (Å²) in [6, 6.07) is 6.37. The van der Waals surface area contributed by atoms with Crippen molar-refractivity contribution in [2.75, 3.05) is 11.1 Å². The number of thiophene rings is 1. The lowest BCUT2D eigenvalue weighted by molar-refractivity contribution is -0.113. The summed E-state index contributed by atoms with van der Waals surface area (Å²) in [6.45, 7) is 2.32. The zero-order chi connectivity index (χ0) is 23.5. The van der Waals surface area contributed by atoms with Gasteiger partial charge in [-0.1, -0.05) is 30.3 Å². The molecule has 0 fully saturated rings. The molecule has 3 aromatic rings.